The SMILES string of the molecule is CC(C)(C)OC(=O)N1CCCC(n2cc(Br)cc(-c3ccc(C(F)(F)F)cc3O)c2=O)C1. The predicted octanol–water partition coefficient (Wildman–Crippen LogP) is 5.57. The molecule has 1 atom stereocenters. The molecule has 0 radical (unpaired) electrons. The lowest BCUT2D eigenvalue weighted by Gasteiger charge is -2.35. The van der Waals surface area contributed by atoms with E-state index in [-0.39, 0.29) is 23.7 Å². The van der Waals surface area contributed by atoms with Crippen molar-refractivity contribution in [3.63, 3.8) is 0 Å². The van der Waals surface area contributed by atoms with Gasteiger partial charge >= 0.3 is 12.3 Å². The molecule has 10 heteroatoms. The van der Waals surface area contributed by atoms with E-state index in [9.17, 15) is 27.9 Å². The normalized spacial score (nSPS) is 17.3. The van der Waals surface area contributed by atoms with Gasteiger partial charge in [-0.25, -0.2) is 4.79 Å². The number of phenolic OH excluding ortho intramolecular Hbond substituents is 1. The third kappa shape index (κ3) is 5.46. The molecule has 1 aliphatic heterocycles. The highest BCUT2D eigenvalue weighted by atomic mass is 79.9. The Bertz CT molecular complexity index is 1080. The van der Waals surface area contributed by atoms with Crippen LogP contribution in [0.15, 0.2) is 39.7 Å². The number of benzene rings is 1. The Balaban J connectivity index is 1.95. The fourth-order valence-electron chi connectivity index (χ4n) is 3.64. The van der Waals surface area contributed by atoms with Crippen LogP contribution in [-0.2, 0) is 10.9 Å². The quantitative estimate of drug-likeness (QED) is 0.565. The van der Waals surface area contributed by atoms with E-state index in [0.717, 1.165) is 12.1 Å². The Hall–Kier alpha value is -2.49. The molecule has 1 aliphatic rings. The van der Waals surface area contributed by atoms with Crippen LogP contribution in [0.5, 0.6) is 5.75 Å². The fraction of sp³-hybridized carbons (Fsp3) is 0.455. The van der Waals surface area contributed by atoms with E-state index >= 15 is 0 Å². The van der Waals surface area contributed by atoms with Gasteiger partial charge in [0.25, 0.3) is 5.56 Å². The fourth-order valence-corrected chi connectivity index (χ4v) is 4.09. The number of aromatic hydroxyl groups is 1. The molecule has 0 saturated carbocycles. The maximum absolute atomic E-state index is 13.2. The molecule has 1 unspecified atom stereocenters. The number of alkyl halides is 3. The molecule has 1 saturated heterocycles. The van der Waals surface area contributed by atoms with Crippen LogP contribution in [0.3, 0.4) is 0 Å². The number of phenols is 1. The average Bonchev–Trinajstić information content (AvgIpc) is 2.67. The number of aromatic nitrogens is 1. The molecule has 1 aromatic heterocycles. The Morgan fingerprint density at radius 1 is 1.19 bits per heavy atom. The summed E-state index contributed by atoms with van der Waals surface area (Å²) in [6.45, 7) is 6.07. The molecule has 1 N–H and O–H groups in total. The number of halogens is 4. The molecule has 1 amide bonds. The van der Waals surface area contributed by atoms with Crippen molar-refractivity contribution in [2.75, 3.05) is 13.1 Å². The van der Waals surface area contributed by atoms with Crippen molar-refractivity contribution in [2.24, 2.45) is 0 Å². The van der Waals surface area contributed by atoms with Crippen molar-refractivity contribution in [3.05, 3.63) is 50.9 Å². The summed E-state index contributed by atoms with van der Waals surface area (Å²) < 4.78 is 46.2. The minimum absolute atomic E-state index is 0.00198. The van der Waals surface area contributed by atoms with Gasteiger partial charge in [0.1, 0.15) is 11.4 Å². The van der Waals surface area contributed by atoms with Gasteiger partial charge in [-0.3, -0.25) is 4.79 Å². The number of carbonyl (C=O) groups is 1. The van der Waals surface area contributed by atoms with Gasteiger partial charge in [0.05, 0.1) is 17.2 Å². The molecule has 1 aromatic carbocycles. The van der Waals surface area contributed by atoms with Crippen molar-refractivity contribution < 1.29 is 27.8 Å². The van der Waals surface area contributed by atoms with Gasteiger partial charge in [-0.2, -0.15) is 13.2 Å². The van der Waals surface area contributed by atoms with Crippen LogP contribution in [0.2, 0.25) is 0 Å². The number of amides is 1. The van der Waals surface area contributed by atoms with Gasteiger partial charge in [0, 0.05) is 29.3 Å². The number of likely N-dealkylation sites (tertiary alicyclic amines) is 1. The first-order valence-corrected chi connectivity index (χ1v) is 10.9. The molecule has 3 rings (SSSR count). The Morgan fingerprint density at radius 2 is 1.88 bits per heavy atom. The molecular weight excluding hydrogens is 493 g/mol. The summed E-state index contributed by atoms with van der Waals surface area (Å²) in [7, 11) is 0. The first-order valence-electron chi connectivity index (χ1n) is 10.1. The third-order valence-electron chi connectivity index (χ3n) is 5.07. The summed E-state index contributed by atoms with van der Waals surface area (Å²) in [6, 6.07) is 3.61. The lowest BCUT2D eigenvalue weighted by Crippen LogP contribution is -2.45. The summed E-state index contributed by atoms with van der Waals surface area (Å²) in [5.74, 6) is -0.638. The number of pyridine rings is 1. The number of piperidine rings is 1. The molecule has 32 heavy (non-hydrogen) atoms. The first-order chi connectivity index (χ1) is 14.8. The zero-order valence-corrected chi connectivity index (χ0v) is 19.5. The highest BCUT2D eigenvalue weighted by molar-refractivity contribution is 9.10. The van der Waals surface area contributed by atoms with E-state index in [4.69, 9.17) is 4.74 Å². The number of nitrogens with zero attached hydrogens (tertiary/aromatic N) is 2. The van der Waals surface area contributed by atoms with Gasteiger partial charge in [-0.05, 0) is 73.8 Å². The van der Waals surface area contributed by atoms with Crippen molar-refractivity contribution in [1.29, 1.82) is 0 Å². The molecule has 2 aromatic rings. The summed E-state index contributed by atoms with van der Waals surface area (Å²) in [6.07, 6.45) is -2.21. The number of carbonyl (C=O) groups excluding carboxylic acids is 1. The summed E-state index contributed by atoms with van der Waals surface area (Å²) >= 11 is 3.34. The van der Waals surface area contributed by atoms with Crippen LogP contribution in [0.4, 0.5) is 18.0 Å². The number of ether oxygens (including phenoxy) is 1. The topological polar surface area (TPSA) is 71.8 Å². The smallest absolute Gasteiger partial charge is 0.416 e. The average molecular weight is 517 g/mol. The number of hydrogen-bond donors (Lipinski definition) is 1. The second-order valence-corrected chi connectivity index (χ2v) is 9.65. The second-order valence-electron chi connectivity index (χ2n) is 8.74. The van der Waals surface area contributed by atoms with E-state index < -0.39 is 34.7 Å². The predicted molar refractivity (Wildman–Crippen MR) is 117 cm³/mol. The largest absolute Gasteiger partial charge is 0.507 e. The third-order valence-corrected chi connectivity index (χ3v) is 5.50. The molecular formula is C22H24BrF3N2O4. The molecule has 174 valence electrons. The highest BCUT2D eigenvalue weighted by Crippen LogP contribution is 2.36. The Morgan fingerprint density at radius 3 is 2.47 bits per heavy atom. The van der Waals surface area contributed by atoms with Crippen molar-refractivity contribution in [1.82, 2.24) is 9.47 Å². The van der Waals surface area contributed by atoms with E-state index in [1.807, 2.05) is 0 Å². The molecule has 2 heterocycles. The van der Waals surface area contributed by atoms with Gasteiger partial charge < -0.3 is 19.3 Å². The maximum atomic E-state index is 13.2. The lowest BCUT2D eigenvalue weighted by molar-refractivity contribution is -0.137. The van der Waals surface area contributed by atoms with Crippen molar-refractivity contribution in [2.45, 2.75) is 51.4 Å². The van der Waals surface area contributed by atoms with Crippen LogP contribution in [0.25, 0.3) is 11.1 Å². The van der Waals surface area contributed by atoms with Gasteiger partial charge in [0.15, 0.2) is 0 Å². The Kier molecular flexibility index (Phi) is 6.65. The van der Waals surface area contributed by atoms with E-state index in [2.05, 4.69) is 15.9 Å². The highest BCUT2D eigenvalue weighted by Gasteiger charge is 2.32. The molecule has 6 nitrogen and oxygen atoms in total. The summed E-state index contributed by atoms with van der Waals surface area (Å²) in [4.78, 5) is 27.2. The first kappa shape index (κ1) is 24.2. The second kappa shape index (κ2) is 8.80. The number of hydrogen-bond acceptors (Lipinski definition) is 4. The zero-order valence-electron chi connectivity index (χ0n) is 17.9. The van der Waals surface area contributed by atoms with Crippen LogP contribution in [0, 0.1) is 0 Å². The van der Waals surface area contributed by atoms with Gasteiger partial charge in [-0.15, -0.1) is 0 Å². The molecule has 1 fully saturated rings. The van der Waals surface area contributed by atoms with Gasteiger partial charge in [-0.1, -0.05) is 0 Å². The standard InChI is InChI=1S/C22H24BrF3N2O4/c1-21(2,3)32-20(31)27-8-4-5-15(12-27)28-11-14(23)10-17(19(28)30)16-7-6-13(9-18(16)29)22(24,25)26/h6-7,9-11,15,29H,4-5,8,12H2,1-3H3. The summed E-state index contributed by atoms with van der Waals surface area (Å²) in [5, 5.41) is 10.2. The van der Waals surface area contributed by atoms with Crippen LogP contribution in [0.1, 0.15) is 45.2 Å². The summed E-state index contributed by atoms with van der Waals surface area (Å²) in [5.41, 5.74) is -2.07. The lowest BCUT2D eigenvalue weighted by atomic mass is 10.0. The molecule has 0 spiro atoms. The van der Waals surface area contributed by atoms with E-state index in [1.165, 1.54) is 10.6 Å². The number of rotatable bonds is 2. The zero-order chi connectivity index (χ0) is 23.8. The minimum atomic E-state index is -4.61. The van der Waals surface area contributed by atoms with E-state index in [0.29, 0.717) is 29.9 Å². The van der Waals surface area contributed by atoms with Crippen LogP contribution >= 0.6 is 15.9 Å². The Labute approximate surface area is 191 Å². The minimum Gasteiger partial charge on any atom is -0.507 e. The monoisotopic (exact) mass is 516 g/mol. The molecule has 0 aliphatic carbocycles. The van der Waals surface area contributed by atoms with Crippen molar-refractivity contribution >= 4 is 22.0 Å². The van der Waals surface area contributed by atoms with Gasteiger partial charge in [0.2, 0.25) is 0 Å². The van der Waals surface area contributed by atoms with Crippen LogP contribution in [-0.4, -0.2) is 39.4 Å². The van der Waals surface area contributed by atoms with E-state index in [1.54, 1.807) is 31.9 Å². The van der Waals surface area contributed by atoms with Crippen molar-refractivity contribution in [3.8, 4) is 16.9 Å². The van der Waals surface area contributed by atoms with Crippen LogP contribution < -0.4 is 5.56 Å². The molecule has 0 bridgehead atoms. The maximum Gasteiger partial charge on any atom is 0.416 e.